The Morgan fingerprint density at radius 3 is 0.833 bits per heavy atom. The molecule has 0 aliphatic heterocycles. The second-order valence-corrected chi connectivity index (χ2v) is 10.9. The molecule has 6 rings (SSSR count). The first-order valence-electron chi connectivity index (χ1n) is 14.4. The van der Waals surface area contributed by atoms with Crippen LogP contribution in [0, 0.1) is 0 Å². The first kappa shape index (κ1) is 32.6. The van der Waals surface area contributed by atoms with Gasteiger partial charge < -0.3 is 0 Å². The second-order valence-electron chi connectivity index (χ2n) is 10.9. The summed E-state index contributed by atoms with van der Waals surface area (Å²) in [7, 11) is 0. The van der Waals surface area contributed by atoms with Gasteiger partial charge in [0.05, 0.1) is 28.1 Å². The summed E-state index contributed by atoms with van der Waals surface area (Å²) in [6.45, 7) is 0. The van der Waals surface area contributed by atoms with Crippen molar-refractivity contribution >= 4 is 0 Å². The van der Waals surface area contributed by atoms with Crippen molar-refractivity contribution in [1.82, 2.24) is 4.98 Å². The summed E-state index contributed by atoms with van der Waals surface area (Å²) in [5, 5.41) is 0. The molecule has 10 heteroatoms. The van der Waals surface area contributed by atoms with Crippen LogP contribution in [0.25, 0.3) is 55.9 Å². The van der Waals surface area contributed by atoms with Crippen molar-refractivity contribution in [1.29, 1.82) is 0 Å². The lowest BCUT2D eigenvalue weighted by Gasteiger charge is -2.24. The lowest BCUT2D eigenvalue weighted by atomic mass is 9.83. The normalized spacial score (nSPS) is 12.3. The molecule has 1 heterocycles. The van der Waals surface area contributed by atoms with Gasteiger partial charge in [-0.3, -0.25) is 0 Å². The van der Waals surface area contributed by atoms with Crippen LogP contribution in [0.1, 0.15) is 16.7 Å². The number of hydrogen-bond acceptors (Lipinski definition) is 1. The Morgan fingerprint density at radius 2 is 0.562 bits per heavy atom. The molecule has 0 radical (unpaired) electrons. The van der Waals surface area contributed by atoms with E-state index in [4.69, 9.17) is 4.98 Å². The van der Waals surface area contributed by atoms with Crippen molar-refractivity contribution in [2.24, 2.45) is 0 Å². The minimum absolute atomic E-state index is 0.240. The predicted octanol–water partition coefficient (Wildman–Crippen LogP) is 12.5. The van der Waals surface area contributed by atoms with E-state index >= 15 is 0 Å². The zero-order valence-electron chi connectivity index (χ0n) is 24.6. The molecule has 0 aliphatic carbocycles. The number of halogens is 9. The standard InChI is InChI=1S/C38H22F9N/c39-36(40,41)28-17-11-23(12-18-28)31-32(24-13-19-29(20-14-24)37(42,43)44)34(26-7-3-1-4-8-26)48-35(27-9-5-2-6-10-27)33(31)25-15-21-30(22-16-25)38(45,46)47/h1-22H. The highest BCUT2D eigenvalue weighted by atomic mass is 19.4. The maximum atomic E-state index is 13.7. The summed E-state index contributed by atoms with van der Waals surface area (Å²) in [6, 6.07) is 30.2. The number of aromatic nitrogens is 1. The molecule has 0 atom stereocenters. The molecular weight excluding hydrogens is 641 g/mol. The highest BCUT2D eigenvalue weighted by Gasteiger charge is 2.33. The molecule has 0 spiro atoms. The van der Waals surface area contributed by atoms with E-state index in [2.05, 4.69) is 0 Å². The molecule has 0 unspecified atom stereocenters. The van der Waals surface area contributed by atoms with Gasteiger partial charge in [-0.25, -0.2) is 4.98 Å². The molecule has 0 aliphatic rings. The maximum Gasteiger partial charge on any atom is 0.416 e. The van der Waals surface area contributed by atoms with Gasteiger partial charge in [-0.05, 0) is 53.1 Å². The van der Waals surface area contributed by atoms with Gasteiger partial charge in [0.2, 0.25) is 0 Å². The molecule has 48 heavy (non-hydrogen) atoms. The summed E-state index contributed by atoms with van der Waals surface area (Å²) in [6.07, 6.45) is -13.9. The quantitative estimate of drug-likeness (QED) is 0.167. The summed E-state index contributed by atoms with van der Waals surface area (Å²) >= 11 is 0. The summed E-state index contributed by atoms with van der Waals surface area (Å²) in [5.41, 5.74) is 0.552. The number of hydrogen-bond donors (Lipinski definition) is 0. The van der Waals surface area contributed by atoms with Crippen LogP contribution in [-0.4, -0.2) is 4.98 Å². The van der Waals surface area contributed by atoms with Crippen LogP contribution in [0.4, 0.5) is 39.5 Å². The van der Waals surface area contributed by atoms with E-state index < -0.39 is 35.2 Å². The molecule has 0 N–H and O–H groups in total. The minimum atomic E-state index is -4.66. The topological polar surface area (TPSA) is 12.9 Å². The molecule has 0 saturated heterocycles. The Morgan fingerprint density at radius 1 is 0.292 bits per heavy atom. The highest BCUT2D eigenvalue weighted by Crippen LogP contribution is 2.49. The second kappa shape index (κ2) is 12.3. The number of nitrogens with zero attached hydrogens (tertiary/aromatic N) is 1. The molecule has 242 valence electrons. The Labute approximate surface area is 269 Å². The summed E-state index contributed by atoms with van der Waals surface area (Å²) in [5.74, 6) is 0. The fraction of sp³-hybridized carbons (Fsp3) is 0.0789. The van der Waals surface area contributed by atoms with Crippen LogP contribution in [0.5, 0.6) is 0 Å². The van der Waals surface area contributed by atoms with Crippen molar-refractivity contribution in [3.63, 3.8) is 0 Å². The van der Waals surface area contributed by atoms with Gasteiger partial charge in [0, 0.05) is 27.8 Å². The molecule has 6 aromatic rings. The Kier molecular flexibility index (Phi) is 8.37. The third-order valence-electron chi connectivity index (χ3n) is 7.79. The average molecular weight is 664 g/mol. The van der Waals surface area contributed by atoms with E-state index in [0.717, 1.165) is 36.4 Å². The molecule has 1 nitrogen and oxygen atoms in total. The Hall–Kier alpha value is -5.38. The van der Waals surface area contributed by atoms with E-state index in [1.165, 1.54) is 36.4 Å². The highest BCUT2D eigenvalue weighted by molar-refractivity contribution is 6.04. The SMILES string of the molecule is FC(F)(F)c1ccc(-c2c(-c3ccccc3)nc(-c3ccccc3)c(-c3ccc(C(F)(F)F)cc3)c2-c2ccc(C(F)(F)F)cc2)cc1. The third kappa shape index (κ3) is 6.56. The number of rotatable bonds is 5. The Bertz CT molecular complexity index is 1910. The zero-order valence-corrected chi connectivity index (χ0v) is 24.6. The first-order chi connectivity index (χ1) is 22.7. The van der Waals surface area contributed by atoms with Crippen LogP contribution in [0.2, 0.25) is 0 Å². The minimum Gasteiger partial charge on any atom is -0.246 e. The molecular formula is C38H22F9N. The average Bonchev–Trinajstić information content (AvgIpc) is 3.07. The van der Waals surface area contributed by atoms with Crippen molar-refractivity contribution in [2.45, 2.75) is 18.5 Å². The molecule has 0 fully saturated rings. The first-order valence-corrected chi connectivity index (χ1v) is 14.4. The van der Waals surface area contributed by atoms with E-state index in [-0.39, 0.29) is 33.4 Å². The summed E-state index contributed by atoms with van der Waals surface area (Å²) < 4.78 is 123. The Balaban J connectivity index is 1.79. The van der Waals surface area contributed by atoms with Gasteiger partial charge in [0.25, 0.3) is 0 Å². The number of benzene rings is 5. The molecule has 0 bridgehead atoms. The van der Waals surface area contributed by atoms with E-state index in [1.807, 2.05) is 0 Å². The molecule has 0 amide bonds. The van der Waals surface area contributed by atoms with Gasteiger partial charge >= 0.3 is 18.5 Å². The molecule has 0 saturated carbocycles. The van der Waals surface area contributed by atoms with Crippen LogP contribution in [0.3, 0.4) is 0 Å². The molecule has 5 aromatic carbocycles. The van der Waals surface area contributed by atoms with Crippen molar-refractivity contribution in [3.05, 3.63) is 150 Å². The van der Waals surface area contributed by atoms with Gasteiger partial charge in [-0.15, -0.1) is 0 Å². The summed E-state index contributed by atoms with van der Waals surface area (Å²) in [4.78, 5) is 5.03. The largest absolute Gasteiger partial charge is 0.416 e. The van der Waals surface area contributed by atoms with Gasteiger partial charge in [-0.2, -0.15) is 39.5 Å². The van der Waals surface area contributed by atoms with Gasteiger partial charge in [0.1, 0.15) is 0 Å². The maximum absolute atomic E-state index is 13.7. The van der Waals surface area contributed by atoms with Crippen LogP contribution < -0.4 is 0 Å². The smallest absolute Gasteiger partial charge is 0.246 e. The van der Waals surface area contributed by atoms with E-state index in [1.54, 1.807) is 60.7 Å². The predicted molar refractivity (Wildman–Crippen MR) is 166 cm³/mol. The lowest BCUT2D eigenvalue weighted by molar-refractivity contribution is -0.138. The van der Waals surface area contributed by atoms with Crippen molar-refractivity contribution in [3.8, 4) is 55.9 Å². The van der Waals surface area contributed by atoms with Crippen molar-refractivity contribution in [2.75, 3.05) is 0 Å². The third-order valence-corrected chi connectivity index (χ3v) is 7.79. The fourth-order valence-corrected chi connectivity index (χ4v) is 5.52. The monoisotopic (exact) mass is 663 g/mol. The van der Waals surface area contributed by atoms with Gasteiger partial charge in [0.15, 0.2) is 0 Å². The fourth-order valence-electron chi connectivity index (χ4n) is 5.52. The number of alkyl halides is 9. The van der Waals surface area contributed by atoms with Crippen molar-refractivity contribution < 1.29 is 39.5 Å². The lowest BCUT2D eigenvalue weighted by Crippen LogP contribution is -2.06. The van der Waals surface area contributed by atoms with E-state index in [9.17, 15) is 39.5 Å². The van der Waals surface area contributed by atoms with Crippen LogP contribution in [0.15, 0.2) is 133 Å². The van der Waals surface area contributed by atoms with E-state index in [0.29, 0.717) is 22.5 Å². The number of pyridine rings is 1. The van der Waals surface area contributed by atoms with Gasteiger partial charge in [-0.1, -0.05) is 97.1 Å². The van der Waals surface area contributed by atoms with Crippen LogP contribution >= 0.6 is 0 Å². The molecule has 1 aromatic heterocycles. The van der Waals surface area contributed by atoms with Crippen LogP contribution in [-0.2, 0) is 18.5 Å². The zero-order chi connectivity index (χ0) is 34.3.